The lowest BCUT2D eigenvalue weighted by atomic mass is 9.82. The van der Waals surface area contributed by atoms with Crippen LogP contribution in [0, 0.1) is 0 Å². The minimum absolute atomic E-state index is 0.0655. The van der Waals surface area contributed by atoms with Crippen LogP contribution in [0.2, 0.25) is 0 Å². The molecule has 2 heterocycles. The van der Waals surface area contributed by atoms with Gasteiger partial charge in [0.05, 0.1) is 17.6 Å². The summed E-state index contributed by atoms with van der Waals surface area (Å²) in [6.45, 7) is 7.42. The van der Waals surface area contributed by atoms with E-state index >= 15 is 0 Å². The minimum Gasteiger partial charge on any atom is -0.397 e. The Bertz CT molecular complexity index is 605. The molecule has 0 radical (unpaired) electrons. The summed E-state index contributed by atoms with van der Waals surface area (Å²) in [6, 6.07) is 12.7. The van der Waals surface area contributed by atoms with Crippen LogP contribution >= 0.6 is 0 Å². The molecule has 0 spiro atoms. The molecular formula is C17H21N3. The lowest BCUT2D eigenvalue weighted by Crippen LogP contribution is -2.42. The number of aromatic nitrogens is 1. The van der Waals surface area contributed by atoms with Crippen LogP contribution in [0.1, 0.15) is 30.7 Å². The summed E-state index contributed by atoms with van der Waals surface area (Å²) in [5.74, 6) is 0. The summed E-state index contributed by atoms with van der Waals surface area (Å²) in [5, 5.41) is 0. The van der Waals surface area contributed by atoms with Crippen molar-refractivity contribution >= 4 is 5.69 Å². The summed E-state index contributed by atoms with van der Waals surface area (Å²) < 4.78 is 0. The van der Waals surface area contributed by atoms with Gasteiger partial charge in [-0.2, -0.15) is 0 Å². The highest BCUT2D eigenvalue weighted by Gasteiger charge is 2.32. The number of anilines is 1. The summed E-state index contributed by atoms with van der Waals surface area (Å²) in [7, 11) is 0. The van der Waals surface area contributed by atoms with Gasteiger partial charge in [0.15, 0.2) is 0 Å². The lowest BCUT2D eigenvalue weighted by molar-refractivity contribution is 0.182. The Morgan fingerprint density at radius 1 is 1.25 bits per heavy atom. The van der Waals surface area contributed by atoms with E-state index in [1.54, 1.807) is 6.20 Å². The van der Waals surface area contributed by atoms with Gasteiger partial charge in [0.1, 0.15) is 0 Å². The average Bonchev–Trinajstić information content (AvgIpc) is 2.38. The molecule has 0 unspecified atom stereocenters. The maximum absolute atomic E-state index is 5.89. The van der Waals surface area contributed by atoms with Gasteiger partial charge in [-0.25, -0.2) is 0 Å². The Morgan fingerprint density at radius 3 is 2.75 bits per heavy atom. The Kier molecular flexibility index (Phi) is 3.22. The van der Waals surface area contributed by atoms with Gasteiger partial charge in [0.2, 0.25) is 0 Å². The third-order valence-electron chi connectivity index (χ3n) is 3.89. The number of benzene rings is 1. The fraction of sp³-hybridized carbons (Fsp3) is 0.353. The van der Waals surface area contributed by atoms with Crippen LogP contribution in [0.3, 0.4) is 0 Å². The highest BCUT2D eigenvalue weighted by atomic mass is 15.1. The monoisotopic (exact) mass is 267 g/mol. The second-order valence-electron chi connectivity index (χ2n) is 6.29. The summed E-state index contributed by atoms with van der Waals surface area (Å²) in [6.07, 6.45) is 1.77. The highest BCUT2D eigenvalue weighted by Crippen LogP contribution is 2.33. The third-order valence-corrected chi connectivity index (χ3v) is 3.89. The molecule has 2 N–H and O–H groups in total. The standard InChI is InChI=1S/C17H21N3/c1-17(2)12-20(10-13-6-4-3-5-7-13)11-14-8-15(18)9-19-16(14)17/h3-9H,10-12,18H2,1-2H3. The molecule has 0 bridgehead atoms. The van der Waals surface area contributed by atoms with Crippen molar-refractivity contribution in [3.63, 3.8) is 0 Å². The molecule has 1 aromatic heterocycles. The smallest absolute Gasteiger partial charge is 0.0519 e. The van der Waals surface area contributed by atoms with E-state index in [9.17, 15) is 0 Å². The maximum atomic E-state index is 5.89. The number of fused-ring (bicyclic) bond motifs is 1. The van der Waals surface area contributed by atoms with E-state index in [4.69, 9.17) is 5.73 Å². The van der Waals surface area contributed by atoms with Gasteiger partial charge in [-0.3, -0.25) is 9.88 Å². The van der Waals surface area contributed by atoms with Crippen LogP contribution in [0.4, 0.5) is 5.69 Å². The van der Waals surface area contributed by atoms with Crippen LogP contribution in [0.5, 0.6) is 0 Å². The van der Waals surface area contributed by atoms with Gasteiger partial charge in [-0.1, -0.05) is 44.2 Å². The van der Waals surface area contributed by atoms with E-state index in [0.29, 0.717) is 0 Å². The van der Waals surface area contributed by atoms with Gasteiger partial charge in [-0.05, 0) is 17.2 Å². The van der Waals surface area contributed by atoms with E-state index in [1.165, 1.54) is 16.8 Å². The fourth-order valence-electron chi connectivity index (χ4n) is 3.14. The van der Waals surface area contributed by atoms with Gasteiger partial charge in [0, 0.05) is 25.0 Å². The highest BCUT2D eigenvalue weighted by molar-refractivity contribution is 5.43. The zero-order valence-electron chi connectivity index (χ0n) is 12.1. The number of hydrogen-bond acceptors (Lipinski definition) is 3. The van der Waals surface area contributed by atoms with Crippen molar-refractivity contribution in [2.45, 2.75) is 32.4 Å². The van der Waals surface area contributed by atoms with E-state index in [-0.39, 0.29) is 5.41 Å². The van der Waals surface area contributed by atoms with Crippen LogP contribution in [-0.4, -0.2) is 16.4 Å². The first-order valence-electron chi connectivity index (χ1n) is 7.06. The van der Waals surface area contributed by atoms with E-state index < -0.39 is 0 Å². The quantitative estimate of drug-likeness (QED) is 0.909. The van der Waals surface area contributed by atoms with E-state index in [0.717, 1.165) is 25.3 Å². The van der Waals surface area contributed by atoms with Gasteiger partial charge in [-0.15, -0.1) is 0 Å². The Labute approximate surface area is 120 Å². The van der Waals surface area contributed by atoms with E-state index in [2.05, 4.69) is 60.1 Å². The SMILES string of the molecule is CC1(C)CN(Cc2ccccc2)Cc2cc(N)cnc21. The van der Waals surface area contributed by atoms with Crippen molar-refractivity contribution in [1.29, 1.82) is 0 Å². The van der Waals surface area contributed by atoms with Crippen molar-refractivity contribution in [3.05, 3.63) is 59.4 Å². The summed E-state index contributed by atoms with van der Waals surface area (Å²) >= 11 is 0. The molecule has 0 fully saturated rings. The Balaban J connectivity index is 1.87. The topological polar surface area (TPSA) is 42.1 Å². The normalized spacial score (nSPS) is 17.7. The van der Waals surface area contributed by atoms with Crippen LogP contribution < -0.4 is 5.73 Å². The largest absolute Gasteiger partial charge is 0.397 e. The van der Waals surface area contributed by atoms with Crippen molar-refractivity contribution in [2.75, 3.05) is 12.3 Å². The molecule has 1 aliphatic rings. The molecule has 3 rings (SSSR count). The second kappa shape index (κ2) is 4.91. The van der Waals surface area contributed by atoms with Gasteiger partial charge >= 0.3 is 0 Å². The fourth-order valence-corrected chi connectivity index (χ4v) is 3.14. The zero-order valence-corrected chi connectivity index (χ0v) is 12.1. The van der Waals surface area contributed by atoms with Crippen molar-refractivity contribution in [1.82, 2.24) is 9.88 Å². The molecule has 1 aliphatic heterocycles. The molecule has 2 aromatic rings. The zero-order chi connectivity index (χ0) is 14.2. The molecule has 20 heavy (non-hydrogen) atoms. The minimum atomic E-state index is 0.0655. The number of nitrogens with two attached hydrogens (primary N) is 1. The molecule has 3 nitrogen and oxygen atoms in total. The van der Waals surface area contributed by atoms with Crippen LogP contribution in [0.15, 0.2) is 42.6 Å². The molecule has 0 atom stereocenters. The molecule has 0 aliphatic carbocycles. The molecular weight excluding hydrogens is 246 g/mol. The first-order valence-corrected chi connectivity index (χ1v) is 7.06. The predicted octanol–water partition coefficient (Wildman–Crippen LogP) is 2.96. The molecule has 1 aromatic carbocycles. The molecule has 104 valence electrons. The second-order valence-corrected chi connectivity index (χ2v) is 6.29. The van der Waals surface area contributed by atoms with Crippen molar-refractivity contribution < 1.29 is 0 Å². The Morgan fingerprint density at radius 2 is 2.00 bits per heavy atom. The Hall–Kier alpha value is -1.87. The molecule has 0 saturated heterocycles. The predicted molar refractivity (Wildman–Crippen MR) is 82.2 cm³/mol. The van der Waals surface area contributed by atoms with Crippen LogP contribution in [0.25, 0.3) is 0 Å². The molecule has 0 saturated carbocycles. The third kappa shape index (κ3) is 2.54. The first-order chi connectivity index (χ1) is 9.54. The van der Waals surface area contributed by atoms with Crippen LogP contribution in [-0.2, 0) is 18.5 Å². The van der Waals surface area contributed by atoms with E-state index in [1.807, 2.05) is 0 Å². The van der Waals surface area contributed by atoms with Crippen molar-refractivity contribution in [3.8, 4) is 0 Å². The number of hydrogen-bond donors (Lipinski definition) is 1. The summed E-state index contributed by atoms with van der Waals surface area (Å²) in [5.41, 5.74) is 10.5. The molecule has 0 amide bonds. The van der Waals surface area contributed by atoms with Gasteiger partial charge < -0.3 is 5.73 Å². The number of rotatable bonds is 2. The number of nitrogen functional groups attached to an aromatic ring is 1. The van der Waals surface area contributed by atoms with Gasteiger partial charge in [0.25, 0.3) is 0 Å². The van der Waals surface area contributed by atoms with Crippen molar-refractivity contribution in [2.24, 2.45) is 0 Å². The average molecular weight is 267 g/mol. The number of pyridine rings is 1. The number of nitrogens with zero attached hydrogens (tertiary/aromatic N) is 2. The lowest BCUT2D eigenvalue weighted by Gasteiger charge is -2.39. The summed E-state index contributed by atoms with van der Waals surface area (Å²) in [4.78, 5) is 7.03. The maximum Gasteiger partial charge on any atom is 0.0519 e. The molecule has 3 heteroatoms. The first kappa shape index (κ1) is 13.1.